The predicted octanol–water partition coefficient (Wildman–Crippen LogP) is -2.76. The van der Waals surface area contributed by atoms with Gasteiger partial charge in [0, 0.05) is 19.1 Å². The molecule has 0 aromatic heterocycles. The highest BCUT2D eigenvalue weighted by Gasteiger charge is 2.35. The van der Waals surface area contributed by atoms with E-state index < -0.39 is 24.4 Å². The van der Waals surface area contributed by atoms with E-state index in [0.717, 1.165) is 0 Å². The van der Waals surface area contributed by atoms with Crippen molar-refractivity contribution in [3.05, 3.63) is 0 Å². The Bertz CT molecular complexity index is 130. The highest BCUT2D eigenvalue weighted by molar-refractivity contribution is 4.86. The lowest BCUT2D eigenvalue weighted by Crippen LogP contribution is -2.57. The minimum Gasteiger partial charge on any atom is -0.396 e. The van der Waals surface area contributed by atoms with Gasteiger partial charge >= 0.3 is 0 Å². The molecule has 1 aliphatic heterocycles. The minimum absolute atomic E-state index is 0.196. The van der Waals surface area contributed by atoms with Crippen molar-refractivity contribution < 1.29 is 20.4 Å². The van der Waals surface area contributed by atoms with Gasteiger partial charge in [-0.2, -0.15) is 0 Å². The first-order valence-electron chi connectivity index (χ1n) is 3.55. The van der Waals surface area contributed by atoms with E-state index >= 15 is 0 Å². The van der Waals surface area contributed by atoms with Crippen molar-refractivity contribution in [2.45, 2.75) is 18.4 Å². The quantitative estimate of drug-likeness (QED) is 0.289. The fraction of sp³-hybridized carbons (Fsp3) is 1.00. The lowest BCUT2D eigenvalue weighted by Gasteiger charge is -2.34. The summed E-state index contributed by atoms with van der Waals surface area (Å²) in [4.78, 5) is 0. The van der Waals surface area contributed by atoms with Crippen molar-refractivity contribution in [1.82, 2.24) is 5.32 Å². The van der Waals surface area contributed by atoms with Gasteiger partial charge in [-0.25, -0.2) is 0 Å². The molecule has 0 radical (unpaired) electrons. The van der Waals surface area contributed by atoms with Gasteiger partial charge < -0.3 is 20.4 Å². The van der Waals surface area contributed by atoms with Crippen molar-refractivity contribution in [3.63, 3.8) is 0 Å². The van der Waals surface area contributed by atoms with Gasteiger partial charge in [-0.3, -0.25) is 5.32 Å². The highest BCUT2D eigenvalue weighted by Crippen LogP contribution is 2.13. The fourth-order valence-corrected chi connectivity index (χ4v) is 1.15. The van der Waals surface area contributed by atoms with Crippen molar-refractivity contribution >= 4 is 0 Å². The van der Waals surface area contributed by atoms with Gasteiger partial charge in [0.05, 0.1) is 6.10 Å². The van der Waals surface area contributed by atoms with Crippen molar-refractivity contribution in [2.24, 2.45) is 5.92 Å². The molecule has 0 aliphatic carbocycles. The van der Waals surface area contributed by atoms with Crippen molar-refractivity contribution in [1.29, 1.82) is 0 Å². The maximum absolute atomic E-state index is 9.20. The molecule has 5 N–H and O–H groups in total. The molecular formula is C6H13NO4. The Hall–Kier alpha value is -0.200. The van der Waals surface area contributed by atoms with Crippen LogP contribution in [-0.2, 0) is 0 Å². The Morgan fingerprint density at radius 3 is 2.36 bits per heavy atom. The molecule has 66 valence electrons. The van der Waals surface area contributed by atoms with E-state index in [9.17, 15) is 5.11 Å². The molecule has 1 aliphatic rings. The second-order valence-electron chi connectivity index (χ2n) is 2.78. The maximum Gasteiger partial charge on any atom is 0.133 e. The molecule has 1 rings (SSSR count). The third-order valence-corrected chi connectivity index (χ3v) is 1.98. The Labute approximate surface area is 64.3 Å². The Kier molecular flexibility index (Phi) is 2.80. The third-order valence-electron chi connectivity index (χ3n) is 1.98. The number of hydrogen-bond donors (Lipinski definition) is 5. The minimum atomic E-state index is -1.21. The number of hydrogen-bond acceptors (Lipinski definition) is 5. The summed E-state index contributed by atoms with van der Waals surface area (Å²) in [7, 11) is 0. The zero-order valence-electron chi connectivity index (χ0n) is 6.01. The van der Waals surface area contributed by atoms with E-state index in [1.54, 1.807) is 0 Å². The van der Waals surface area contributed by atoms with Gasteiger partial charge in [0.2, 0.25) is 0 Å². The monoisotopic (exact) mass is 163 g/mol. The molecule has 0 amide bonds. The number of rotatable bonds is 1. The lowest BCUT2D eigenvalue weighted by molar-refractivity contribution is -0.124. The van der Waals surface area contributed by atoms with E-state index in [-0.39, 0.29) is 6.61 Å². The van der Waals surface area contributed by atoms with Crippen molar-refractivity contribution in [3.8, 4) is 0 Å². The van der Waals surface area contributed by atoms with E-state index in [4.69, 9.17) is 15.3 Å². The summed E-state index contributed by atoms with van der Waals surface area (Å²) in [6.45, 7) is 0.119. The van der Waals surface area contributed by atoms with Gasteiger partial charge in [-0.05, 0) is 0 Å². The van der Waals surface area contributed by atoms with Crippen LogP contribution in [0.15, 0.2) is 0 Å². The zero-order valence-corrected chi connectivity index (χ0v) is 6.01. The molecule has 1 saturated heterocycles. The van der Waals surface area contributed by atoms with Crippen LogP contribution < -0.4 is 5.32 Å². The first-order valence-corrected chi connectivity index (χ1v) is 3.55. The first-order chi connectivity index (χ1) is 5.16. The predicted molar refractivity (Wildman–Crippen MR) is 36.6 cm³/mol. The SMILES string of the molecule is OC[C@H]1CNC(O)[C@@H](O)[C@H]1O. The summed E-state index contributed by atoms with van der Waals surface area (Å²) in [5.74, 6) is -0.395. The van der Waals surface area contributed by atoms with E-state index in [2.05, 4.69) is 5.32 Å². The van der Waals surface area contributed by atoms with Crippen LogP contribution in [0.3, 0.4) is 0 Å². The van der Waals surface area contributed by atoms with Gasteiger partial charge in [0.1, 0.15) is 12.3 Å². The molecule has 0 saturated carbocycles. The van der Waals surface area contributed by atoms with E-state index in [0.29, 0.717) is 6.54 Å². The van der Waals surface area contributed by atoms with Crippen LogP contribution in [0, 0.1) is 5.92 Å². The van der Waals surface area contributed by atoms with Crippen LogP contribution in [0.25, 0.3) is 0 Å². The van der Waals surface area contributed by atoms with E-state index in [1.807, 2.05) is 0 Å². The largest absolute Gasteiger partial charge is 0.396 e. The van der Waals surface area contributed by atoms with Crippen LogP contribution in [0.5, 0.6) is 0 Å². The Morgan fingerprint density at radius 2 is 1.82 bits per heavy atom. The van der Waals surface area contributed by atoms with Crippen LogP contribution in [0.4, 0.5) is 0 Å². The number of aliphatic hydroxyl groups is 4. The summed E-state index contributed by atoms with van der Waals surface area (Å²) >= 11 is 0. The first kappa shape index (κ1) is 8.89. The second-order valence-corrected chi connectivity index (χ2v) is 2.78. The van der Waals surface area contributed by atoms with Crippen LogP contribution in [0.1, 0.15) is 0 Å². The van der Waals surface area contributed by atoms with Gasteiger partial charge in [-0.15, -0.1) is 0 Å². The summed E-state index contributed by atoms with van der Waals surface area (Å²) < 4.78 is 0. The molecular weight excluding hydrogens is 150 g/mol. The molecule has 11 heavy (non-hydrogen) atoms. The summed E-state index contributed by atoms with van der Waals surface area (Å²) in [5.41, 5.74) is 0. The molecule has 0 spiro atoms. The van der Waals surface area contributed by atoms with Crippen molar-refractivity contribution in [2.75, 3.05) is 13.2 Å². The fourth-order valence-electron chi connectivity index (χ4n) is 1.15. The van der Waals surface area contributed by atoms with Crippen LogP contribution in [-0.4, -0.2) is 52.0 Å². The second kappa shape index (κ2) is 3.46. The van der Waals surface area contributed by atoms with E-state index in [1.165, 1.54) is 0 Å². The topological polar surface area (TPSA) is 93.0 Å². The molecule has 0 aromatic carbocycles. The zero-order chi connectivity index (χ0) is 8.43. The highest BCUT2D eigenvalue weighted by atomic mass is 16.4. The standard InChI is InChI=1S/C6H13NO4/c8-2-3-1-7-6(11)5(10)4(3)9/h3-11H,1-2H2/t3-,4+,5+,6?/m1/s1. The molecule has 4 atom stereocenters. The summed E-state index contributed by atoms with van der Waals surface area (Å²) in [6, 6.07) is 0. The third kappa shape index (κ3) is 1.69. The molecule has 5 heteroatoms. The summed E-state index contributed by atoms with van der Waals surface area (Å²) in [5, 5.41) is 38.5. The molecule has 5 nitrogen and oxygen atoms in total. The maximum atomic E-state index is 9.20. The van der Waals surface area contributed by atoms with Gasteiger partial charge in [0.15, 0.2) is 0 Å². The smallest absolute Gasteiger partial charge is 0.133 e. The normalized spacial score (nSPS) is 45.8. The van der Waals surface area contributed by atoms with Gasteiger partial charge in [0.25, 0.3) is 0 Å². The summed E-state index contributed by atoms with van der Waals surface area (Å²) in [6.07, 6.45) is -3.34. The molecule has 1 fully saturated rings. The molecule has 0 bridgehead atoms. The van der Waals surface area contributed by atoms with Gasteiger partial charge in [-0.1, -0.05) is 0 Å². The molecule has 1 heterocycles. The van der Waals surface area contributed by atoms with Crippen LogP contribution in [0.2, 0.25) is 0 Å². The lowest BCUT2D eigenvalue weighted by atomic mass is 9.94. The Morgan fingerprint density at radius 1 is 1.18 bits per heavy atom. The Balaban J connectivity index is 2.52. The number of piperidine rings is 1. The molecule has 0 aromatic rings. The average molecular weight is 163 g/mol. The average Bonchev–Trinajstić information content (AvgIpc) is 2.01. The number of nitrogens with one attached hydrogen (secondary N) is 1. The van der Waals surface area contributed by atoms with Crippen LogP contribution >= 0.6 is 0 Å². The number of aliphatic hydroxyl groups excluding tert-OH is 4. The molecule has 1 unspecified atom stereocenters.